The number of sulfonamides is 1. The standard InChI is InChI=1S/C18H19F2NO3S/c1-24-17-5-2-13(3-6-17)14-8-9-21(11-14)25(22,23)12-15-10-16(19)4-7-18(15)20/h2-7,10,14H,8-9,11-12H2,1H3/t14-/m0/s1. The first-order valence-electron chi connectivity index (χ1n) is 7.95. The SMILES string of the molecule is COc1ccc([C@H]2CCN(S(=O)(=O)Cc3cc(F)ccc3F)C2)cc1. The predicted octanol–water partition coefficient (Wildman–Crippen LogP) is 3.29. The molecule has 1 aliphatic heterocycles. The van der Waals surface area contributed by atoms with Crippen LogP contribution in [0.5, 0.6) is 5.75 Å². The van der Waals surface area contributed by atoms with E-state index in [1.54, 1.807) is 7.11 Å². The van der Waals surface area contributed by atoms with Gasteiger partial charge in [-0.3, -0.25) is 0 Å². The molecule has 2 aromatic carbocycles. The molecule has 2 aromatic rings. The molecule has 0 radical (unpaired) electrons. The van der Waals surface area contributed by atoms with E-state index >= 15 is 0 Å². The zero-order valence-corrected chi connectivity index (χ0v) is 14.6. The van der Waals surface area contributed by atoms with E-state index in [0.717, 1.165) is 29.5 Å². The quantitative estimate of drug-likeness (QED) is 0.815. The van der Waals surface area contributed by atoms with Crippen molar-refractivity contribution in [2.75, 3.05) is 20.2 Å². The van der Waals surface area contributed by atoms with Crippen molar-refractivity contribution in [3.8, 4) is 5.75 Å². The van der Waals surface area contributed by atoms with Crippen LogP contribution in [0.1, 0.15) is 23.5 Å². The Morgan fingerprint density at radius 1 is 1.16 bits per heavy atom. The molecule has 0 unspecified atom stereocenters. The lowest BCUT2D eigenvalue weighted by Gasteiger charge is -2.17. The molecule has 0 saturated carbocycles. The number of nitrogens with zero attached hydrogens (tertiary/aromatic N) is 1. The molecule has 7 heteroatoms. The normalized spacial score (nSPS) is 18.4. The van der Waals surface area contributed by atoms with Crippen LogP contribution in [0.15, 0.2) is 42.5 Å². The third kappa shape index (κ3) is 3.99. The van der Waals surface area contributed by atoms with Crippen LogP contribution >= 0.6 is 0 Å². The molecule has 1 heterocycles. The second-order valence-corrected chi connectivity index (χ2v) is 8.08. The Hall–Kier alpha value is -1.99. The van der Waals surface area contributed by atoms with Gasteiger partial charge in [-0.1, -0.05) is 12.1 Å². The molecule has 1 aliphatic rings. The molecule has 1 saturated heterocycles. The van der Waals surface area contributed by atoms with Crippen LogP contribution in [0.4, 0.5) is 8.78 Å². The molecule has 3 rings (SSSR count). The summed E-state index contributed by atoms with van der Waals surface area (Å²) in [6, 6.07) is 10.4. The topological polar surface area (TPSA) is 46.6 Å². The number of hydrogen-bond donors (Lipinski definition) is 0. The van der Waals surface area contributed by atoms with Gasteiger partial charge in [0.1, 0.15) is 17.4 Å². The van der Waals surface area contributed by atoms with Crippen LogP contribution in [0, 0.1) is 11.6 Å². The van der Waals surface area contributed by atoms with Gasteiger partial charge in [-0.05, 0) is 48.2 Å². The number of rotatable bonds is 5. The molecule has 0 spiro atoms. The van der Waals surface area contributed by atoms with Gasteiger partial charge in [0.15, 0.2) is 0 Å². The van der Waals surface area contributed by atoms with Gasteiger partial charge in [0.2, 0.25) is 10.0 Å². The molecular formula is C18H19F2NO3S. The van der Waals surface area contributed by atoms with Crippen LogP contribution < -0.4 is 4.74 Å². The zero-order chi connectivity index (χ0) is 18.0. The lowest BCUT2D eigenvalue weighted by Crippen LogP contribution is -2.30. The second kappa shape index (κ2) is 7.09. The highest BCUT2D eigenvalue weighted by atomic mass is 32.2. The van der Waals surface area contributed by atoms with E-state index in [9.17, 15) is 17.2 Å². The highest BCUT2D eigenvalue weighted by molar-refractivity contribution is 7.88. The molecule has 0 aliphatic carbocycles. The van der Waals surface area contributed by atoms with Gasteiger partial charge in [-0.25, -0.2) is 21.5 Å². The number of halogens is 2. The Labute approximate surface area is 146 Å². The van der Waals surface area contributed by atoms with Crippen molar-refractivity contribution < 1.29 is 21.9 Å². The minimum atomic E-state index is -3.70. The average Bonchev–Trinajstić information content (AvgIpc) is 3.09. The van der Waals surface area contributed by atoms with E-state index < -0.39 is 27.4 Å². The Bertz CT molecular complexity index is 853. The van der Waals surface area contributed by atoms with Gasteiger partial charge in [-0.2, -0.15) is 0 Å². The number of hydrogen-bond acceptors (Lipinski definition) is 3. The van der Waals surface area contributed by atoms with Crippen molar-refractivity contribution in [2.45, 2.75) is 18.1 Å². The number of ether oxygens (including phenoxy) is 1. The van der Waals surface area contributed by atoms with Crippen LogP contribution in [-0.4, -0.2) is 32.9 Å². The maximum atomic E-state index is 13.7. The highest BCUT2D eigenvalue weighted by Crippen LogP contribution is 2.31. The Kier molecular flexibility index (Phi) is 5.06. The molecule has 134 valence electrons. The Morgan fingerprint density at radius 3 is 2.56 bits per heavy atom. The lowest BCUT2D eigenvalue weighted by molar-refractivity contribution is 0.414. The second-order valence-electron chi connectivity index (χ2n) is 6.11. The summed E-state index contributed by atoms with van der Waals surface area (Å²) in [5, 5.41) is 0. The largest absolute Gasteiger partial charge is 0.497 e. The van der Waals surface area contributed by atoms with Crippen LogP contribution in [0.3, 0.4) is 0 Å². The van der Waals surface area contributed by atoms with E-state index in [0.29, 0.717) is 19.5 Å². The minimum absolute atomic E-state index is 0.0815. The fraction of sp³-hybridized carbons (Fsp3) is 0.333. The number of methoxy groups -OCH3 is 1. The first-order valence-corrected chi connectivity index (χ1v) is 9.55. The average molecular weight is 367 g/mol. The van der Waals surface area contributed by atoms with Gasteiger partial charge in [0.25, 0.3) is 0 Å². The molecule has 0 bridgehead atoms. The summed E-state index contributed by atoms with van der Waals surface area (Å²) in [5.74, 6) is -1.07. The van der Waals surface area contributed by atoms with Crippen molar-refractivity contribution in [3.05, 3.63) is 65.2 Å². The zero-order valence-electron chi connectivity index (χ0n) is 13.8. The summed E-state index contributed by atoms with van der Waals surface area (Å²) in [7, 11) is -2.12. The summed E-state index contributed by atoms with van der Waals surface area (Å²) in [5.41, 5.74) is 0.892. The van der Waals surface area contributed by atoms with Crippen molar-refractivity contribution in [1.82, 2.24) is 4.31 Å². The molecule has 0 aromatic heterocycles. The van der Waals surface area contributed by atoms with Crippen LogP contribution in [0.25, 0.3) is 0 Å². The van der Waals surface area contributed by atoms with Crippen molar-refractivity contribution in [1.29, 1.82) is 0 Å². The molecule has 1 fully saturated rings. The Morgan fingerprint density at radius 2 is 1.88 bits per heavy atom. The van der Waals surface area contributed by atoms with E-state index in [2.05, 4.69) is 0 Å². The number of benzene rings is 2. The summed E-state index contributed by atoms with van der Waals surface area (Å²) in [6.45, 7) is 0.710. The first kappa shape index (κ1) is 17.8. The smallest absolute Gasteiger partial charge is 0.218 e. The van der Waals surface area contributed by atoms with Crippen LogP contribution in [0.2, 0.25) is 0 Å². The maximum absolute atomic E-state index is 13.7. The van der Waals surface area contributed by atoms with Gasteiger partial charge in [0.05, 0.1) is 12.9 Å². The van der Waals surface area contributed by atoms with Crippen molar-refractivity contribution in [2.24, 2.45) is 0 Å². The van der Waals surface area contributed by atoms with Gasteiger partial charge in [0, 0.05) is 18.7 Å². The van der Waals surface area contributed by atoms with Crippen molar-refractivity contribution in [3.63, 3.8) is 0 Å². The predicted molar refractivity (Wildman–Crippen MR) is 90.9 cm³/mol. The molecule has 1 atom stereocenters. The Balaban J connectivity index is 1.72. The summed E-state index contributed by atoms with van der Waals surface area (Å²) in [6.07, 6.45) is 0.692. The van der Waals surface area contributed by atoms with E-state index in [1.807, 2.05) is 24.3 Å². The van der Waals surface area contributed by atoms with Gasteiger partial charge in [-0.15, -0.1) is 0 Å². The third-order valence-electron chi connectivity index (χ3n) is 4.48. The van der Waals surface area contributed by atoms with Gasteiger partial charge < -0.3 is 4.74 Å². The summed E-state index contributed by atoms with van der Waals surface area (Å²) in [4.78, 5) is 0. The molecule has 4 nitrogen and oxygen atoms in total. The third-order valence-corrected chi connectivity index (χ3v) is 6.27. The fourth-order valence-corrected chi connectivity index (χ4v) is 4.66. The molecular weight excluding hydrogens is 348 g/mol. The van der Waals surface area contributed by atoms with E-state index in [-0.39, 0.29) is 11.5 Å². The summed E-state index contributed by atoms with van der Waals surface area (Å²) >= 11 is 0. The monoisotopic (exact) mass is 367 g/mol. The first-order chi connectivity index (χ1) is 11.9. The highest BCUT2D eigenvalue weighted by Gasteiger charge is 2.32. The molecule has 0 N–H and O–H groups in total. The fourth-order valence-electron chi connectivity index (χ4n) is 3.07. The maximum Gasteiger partial charge on any atom is 0.218 e. The molecule has 0 amide bonds. The molecule has 25 heavy (non-hydrogen) atoms. The minimum Gasteiger partial charge on any atom is -0.497 e. The van der Waals surface area contributed by atoms with E-state index in [4.69, 9.17) is 4.74 Å². The van der Waals surface area contributed by atoms with E-state index in [1.165, 1.54) is 4.31 Å². The van der Waals surface area contributed by atoms with Crippen LogP contribution in [-0.2, 0) is 15.8 Å². The summed E-state index contributed by atoms with van der Waals surface area (Å²) < 4.78 is 58.6. The van der Waals surface area contributed by atoms with Crippen molar-refractivity contribution >= 4 is 10.0 Å². The lowest BCUT2D eigenvalue weighted by atomic mass is 9.99. The van der Waals surface area contributed by atoms with Gasteiger partial charge >= 0.3 is 0 Å².